The van der Waals surface area contributed by atoms with Crippen molar-refractivity contribution in [3.8, 4) is 5.75 Å². The number of benzene rings is 1. The Hall–Kier alpha value is -1.79. The number of aromatic nitrogens is 2. The van der Waals surface area contributed by atoms with E-state index in [-0.39, 0.29) is 5.75 Å². The highest BCUT2D eigenvalue weighted by Gasteiger charge is 2.08. The summed E-state index contributed by atoms with van der Waals surface area (Å²) in [5.74, 6) is 0.277. The maximum atomic E-state index is 10.0. The fourth-order valence-electron chi connectivity index (χ4n) is 1.48. The fourth-order valence-corrected chi connectivity index (χ4v) is 2.84. The molecule has 0 unspecified atom stereocenters. The van der Waals surface area contributed by atoms with Crippen molar-refractivity contribution < 1.29 is 5.11 Å². The lowest BCUT2D eigenvalue weighted by atomic mass is 10.2. The first-order valence-electron chi connectivity index (χ1n) is 4.85. The van der Waals surface area contributed by atoms with E-state index >= 15 is 0 Å². The zero-order chi connectivity index (χ0) is 11.7. The average molecular weight is 261 g/mol. The van der Waals surface area contributed by atoms with Crippen LogP contribution in [0.5, 0.6) is 5.75 Å². The van der Waals surface area contributed by atoms with Crippen molar-refractivity contribution >= 4 is 44.1 Å². The molecule has 0 bridgehead atoms. The largest absolute Gasteiger partial charge is 0.506 e. The topological polar surface area (TPSA) is 58.4 Å². The molecule has 6 heteroatoms. The monoisotopic (exact) mass is 261 g/mol. The first kappa shape index (κ1) is 10.4. The first-order valence-corrected chi connectivity index (χ1v) is 6.55. The Labute approximate surface area is 105 Å². The maximum absolute atomic E-state index is 10.0. The fraction of sp³-hybridized carbons (Fsp3) is 0. The van der Waals surface area contributed by atoms with E-state index in [0.29, 0.717) is 5.13 Å². The molecule has 3 aromatic rings. The summed E-state index contributed by atoms with van der Waals surface area (Å²) >= 11 is 2.86. The van der Waals surface area contributed by atoms with Gasteiger partial charge in [0.2, 0.25) is 5.13 Å². The van der Waals surface area contributed by atoms with Gasteiger partial charge in [-0.25, -0.2) is 4.99 Å². The van der Waals surface area contributed by atoms with Gasteiger partial charge >= 0.3 is 0 Å². The number of nitrogens with zero attached hydrogens (tertiary/aromatic N) is 3. The van der Waals surface area contributed by atoms with Crippen molar-refractivity contribution in [3.63, 3.8) is 0 Å². The van der Waals surface area contributed by atoms with E-state index in [1.807, 2.05) is 24.3 Å². The van der Waals surface area contributed by atoms with Gasteiger partial charge in [-0.15, -0.1) is 21.5 Å². The lowest BCUT2D eigenvalue weighted by Gasteiger charge is -1.89. The molecule has 2 heterocycles. The van der Waals surface area contributed by atoms with Gasteiger partial charge in [-0.05, 0) is 12.1 Å². The number of aliphatic imine (C=N–C) groups is 1. The standard InChI is InChI=1S/C11H7N3OS2/c15-10-7-3-1-2-4-8(7)17-9(10)5-12-11-14-13-6-16-11/h1-6,15H. The highest BCUT2D eigenvalue weighted by Crippen LogP contribution is 2.35. The van der Waals surface area contributed by atoms with E-state index in [9.17, 15) is 5.11 Å². The molecule has 0 amide bonds. The van der Waals surface area contributed by atoms with Gasteiger partial charge in [-0.1, -0.05) is 23.5 Å². The van der Waals surface area contributed by atoms with Gasteiger partial charge in [-0.2, -0.15) is 0 Å². The van der Waals surface area contributed by atoms with Gasteiger partial charge in [0.15, 0.2) is 0 Å². The first-order chi connectivity index (χ1) is 8.34. The Bertz CT molecular complexity index is 673. The van der Waals surface area contributed by atoms with E-state index < -0.39 is 0 Å². The highest BCUT2D eigenvalue weighted by atomic mass is 32.1. The van der Waals surface area contributed by atoms with Crippen molar-refractivity contribution in [1.29, 1.82) is 0 Å². The minimum absolute atomic E-state index is 0.277. The molecule has 84 valence electrons. The Morgan fingerprint density at radius 3 is 2.94 bits per heavy atom. The third-order valence-electron chi connectivity index (χ3n) is 2.24. The molecule has 0 saturated carbocycles. The molecular weight excluding hydrogens is 254 g/mol. The predicted molar refractivity (Wildman–Crippen MR) is 70.7 cm³/mol. The lowest BCUT2D eigenvalue weighted by molar-refractivity contribution is 0.483. The normalized spacial score (nSPS) is 11.5. The quantitative estimate of drug-likeness (QED) is 0.721. The van der Waals surface area contributed by atoms with Gasteiger partial charge in [0.05, 0.1) is 11.1 Å². The minimum Gasteiger partial charge on any atom is -0.506 e. The molecule has 2 aromatic heterocycles. The predicted octanol–water partition coefficient (Wildman–Crippen LogP) is 3.21. The second-order valence-corrected chi connectivity index (χ2v) is 5.19. The maximum Gasteiger partial charge on any atom is 0.231 e. The molecule has 0 saturated heterocycles. The molecule has 3 rings (SSSR count). The summed E-state index contributed by atoms with van der Waals surface area (Å²) in [6, 6.07) is 7.72. The molecule has 0 spiro atoms. The van der Waals surface area contributed by atoms with Crippen LogP contribution in [-0.4, -0.2) is 21.5 Å². The van der Waals surface area contributed by atoms with Gasteiger partial charge in [0, 0.05) is 10.1 Å². The summed E-state index contributed by atoms with van der Waals surface area (Å²) in [5.41, 5.74) is 1.62. The summed E-state index contributed by atoms with van der Waals surface area (Å²) in [4.78, 5) is 4.90. The molecule has 0 aliphatic heterocycles. The number of aromatic hydroxyl groups is 1. The van der Waals surface area contributed by atoms with Gasteiger partial charge < -0.3 is 5.11 Å². The van der Waals surface area contributed by atoms with E-state index in [1.165, 1.54) is 22.7 Å². The Morgan fingerprint density at radius 1 is 1.29 bits per heavy atom. The molecule has 17 heavy (non-hydrogen) atoms. The van der Waals surface area contributed by atoms with Crippen LogP contribution in [0, 0.1) is 0 Å². The summed E-state index contributed by atoms with van der Waals surface area (Å²) in [5, 5.41) is 19.0. The van der Waals surface area contributed by atoms with Gasteiger partial charge in [0.25, 0.3) is 0 Å². The number of thiophene rings is 1. The third-order valence-corrected chi connectivity index (χ3v) is 3.93. The molecule has 1 aromatic carbocycles. The molecular formula is C11H7N3OS2. The van der Waals surface area contributed by atoms with Crippen molar-refractivity contribution in [1.82, 2.24) is 10.2 Å². The van der Waals surface area contributed by atoms with Crippen LogP contribution in [0.15, 0.2) is 34.8 Å². The minimum atomic E-state index is 0.277. The van der Waals surface area contributed by atoms with Crippen molar-refractivity contribution in [2.75, 3.05) is 0 Å². The average Bonchev–Trinajstić information content (AvgIpc) is 2.96. The summed E-state index contributed by atoms with van der Waals surface area (Å²) in [7, 11) is 0. The number of rotatable bonds is 2. The molecule has 1 N–H and O–H groups in total. The zero-order valence-corrected chi connectivity index (χ0v) is 10.2. The number of hydrogen-bond donors (Lipinski definition) is 1. The van der Waals surface area contributed by atoms with E-state index in [0.717, 1.165) is 15.0 Å². The Kier molecular flexibility index (Phi) is 2.58. The van der Waals surface area contributed by atoms with Crippen LogP contribution in [0.25, 0.3) is 10.1 Å². The Balaban J connectivity index is 2.03. The second-order valence-electron chi connectivity index (χ2n) is 3.29. The van der Waals surface area contributed by atoms with Crippen LogP contribution < -0.4 is 0 Å². The molecule has 0 fully saturated rings. The van der Waals surface area contributed by atoms with Crippen LogP contribution >= 0.6 is 22.7 Å². The van der Waals surface area contributed by atoms with Crippen molar-refractivity contribution in [3.05, 3.63) is 34.7 Å². The molecule has 0 aliphatic rings. The van der Waals surface area contributed by atoms with Crippen molar-refractivity contribution in [2.24, 2.45) is 4.99 Å². The van der Waals surface area contributed by atoms with Crippen LogP contribution in [0.4, 0.5) is 5.13 Å². The van der Waals surface area contributed by atoms with E-state index in [4.69, 9.17) is 0 Å². The van der Waals surface area contributed by atoms with E-state index in [2.05, 4.69) is 15.2 Å². The summed E-state index contributed by atoms with van der Waals surface area (Å²) < 4.78 is 1.05. The van der Waals surface area contributed by atoms with Crippen LogP contribution in [0.3, 0.4) is 0 Å². The Morgan fingerprint density at radius 2 is 2.18 bits per heavy atom. The van der Waals surface area contributed by atoms with Crippen molar-refractivity contribution in [2.45, 2.75) is 0 Å². The zero-order valence-electron chi connectivity index (χ0n) is 8.57. The van der Waals surface area contributed by atoms with E-state index in [1.54, 1.807) is 11.7 Å². The smallest absolute Gasteiger partial charge is 0.231 e. The van der Waals surface area contributed by atoms with Crippen LogP contribution in [-0.2, 0) is 0 Å². The second kappa shape index (κ2) is 4.23. The summed E-state index contributed by atoms with van der Waals surface area (Å²) in [6.07, 6.45) is 1.63. The third kappa shape index (κ3) is 1.92. The molecule has 4 nitrogen and oxygen atoms in total. The molecule has 0 radical (unpaired) electrons. The van der Waals surface area contributed by atoms with Gasteiger partial charge in [0.1, 0.15) is 11.3 Å². The highest BCUT2D eigenvalue weighted by molar-refractivity contribution is 7.21. The molecule has 0 atom stereocenters. The molecule has 0 aliphatic carbocycles. The number of fused-ring (bicyclic) bond motifs is 1. The summed E-state index contributed by atoms with van der Waals surface area (Å²) in [6.45, 7) is 0. The number of hydrogen-bond acceptors (Lipinski definition) is 6. The van der Waals surface area contributed by atoms with Crippen LogP contribution in [0.1, 0.15) is 4.88 Å². The lowest BCUT2D eigenvalue weighted by Crippen LogP contribution is -1.73. The van der Waals surface area contributed by atoms with Crippen LogP contribution in [0.2, 0.25) is 0 Å². The van der Waals surface area contributed by atoms with Gasteiger partial charge in [-0.3, -0.25) is 0 Å². The SMILES string of the molecule is Oc1c(C=Nc2nncs2)sc2ccccc12.